The Kier molecular flexibility index (Phi) is 6.27. The minimum Gasteiger partial charge on any atom is -0.479 e. The molecule has 0 radical (unpaired) electrons. The number of benzene rings is 2. The first-order chi connectivity index (χ1) is 11.4. The summed E-state index contributed by atoms with van der Waals surface area (Å²) in [6, 6.07) is 12.3. The number of nitrogens with zero attached hydrogens (tertiary/aromatic N) is 1. The van der Waals surface area contributed by atoms with Gasteiger partial charge in [-0.3, -0.25) is 0 Å². The molecule has 2 aromatic carbocycles. The van der Waals surface area contributed by atoms with Crippen molar-refractivity contribution in [2.75, 3.05) is 6.61 Å². The summed E-state index contributed by atoms with van der Waals surface area (Å²) in [6.07, 6.45) is 1.67. The summed E-state index contributed by atoms with van der Waals surface area (Å²) in [5.74, 6) is -0.863. The highest BCUT2D eigenvalue weighted by Gasteiger charge is 2.11. The van der Waals surface area contributed by atoms with Crippen LogP contribution in [0.15, 0.2) is 40.9 Å². The summed E-state index contributed by atoms with van der Waals surface area (Å²) in [5.41, 5.74) is 1.83. The maximum absolute atomic E-state index is 10.6. The molecule has 0 aromatic heterocycles. The van der Waals surface area contributed by atoms with Crippen molar-refractivity contribution >= 4 is 56.8 Å². The lowest BCUT2D eigenvalue weighted by atomic mass is 10.0. The molecule has 1 N–H and O–H groups in total. The second kappa shape index (κ2) is 8.20. The van der Waals surface area contributed by atoms with Gasteiger partial charge < -0.3 is 9.84 Å². The maximum Gasteiger partial charge on any atom is 0.341 e. The van der Waals surface area contributed by atoms with E-state index < -0.39 is 12.6 Å². The van der Waals surface area contributed by atoms with E-state index in [1.54, 1.807) is 42.5 Å². The summed E-state index contributed by atoms with van der Waals surface area (Å²) in [4.78, 5) is 10.6. The van der Waals surface area contributed by atoms with Gasteiger partial charge in [0.25, 0.3) is 0 Å². The predicted octanol–water partition coefficient (Wildman–Crippen LogP) is 5.28. The number of carbonyl (C=O) groups is 1. The average Bonchev–Trinajstić information content (AvgIpc) is 2.52. The molecule has 0 atom stereocenters. The first-order valence-electron chi connectivity index (χ1n) is 6.62. The number of ether oxygens (including phenoxy) is 1. The Hall–Kier alpha value is -2.00. The summed E-state index contributed by atoms with van der Waals surface area (Å²) < 4.78 is 5.63. The van der Waals surface area contributed by atoms with Crippen LogP contribution in [0.25, 0.3) is 11.6 Å². The molecule has 2 rings (SSSR count). The van der Waals surface area contributed by atoms with Gasteiger partial charge in [-0.05, 0) is 57.4 Å². The van der Waals surface area contributed by atoms with Crippen molar-refractivity contribution < 1.29 is 14.6 Å². The monoisotopic (exact) mass is 425 g/mol. The van der Waals surface area contributed by atoms with Gasteiger partial charge in [-0.1, -0.05) is 35.3 Å². The van der Waals surface area contributed by atoms with Gasteiger partial charge in [0.15, 0.2) is 12.4 Å². The van der Waals surface area contributed by atoms with Crippen molar-refractivity contribution in [3.05, 3.63) is 62.0 Å². The average molecular weight is 427 g/mol. The van der Waals surface area contributed by atoms with Crippen molar-refractivity contribution in [2.24, 2.45) is 0 Å². The van der Waals surface area contributed by atoms with E-state index in [9.17, 15) is 10.1 Å². The van der Waals surface area contributed by atoms with Crippen LogP contribution >= 0.6 is 39.1 Å². The molecule has 122 valence electrons. The summed E-state index contributed by atoms with van der Waals surface area (Å²) in [5, 5.41) is 18.9. The fraction of sp³-hybridized carbons (Fsp3) is 0.0588. The lowest BCUT2D eigenvalue weighted by molar-refractivity contribution is -0.139. The van der Waals surface area contributed by atoms with Crippen molar-refractivity contribution in [3.8, 4) is 11.8 Å². The third-order valence-electron chi connectivity index (χ3n) is 2.95. The van der Waals surface area contributed by atoms with Crippen LogP contribution in [0.3, 0.4) is 0 Å². The number of rotatable bonds is 5. The van der Waals surface area contributed by atoms with E-state index >= 15 is 0 Å². The summed E-state index contributed by atoms with van der Waals surface area (Å²) in [7, 11) is 0. The van der Waals surface area contributed by atoms with E-state index in [1.807, 2.05) is 0 Å². The lowest BCUT2D eigenvalue weighted by Gasteiger charge is -2.09. The number of carboxylic acids is 1. The Labute approximate surface area is 157 Å². The highest BCUT2D eigenvalue weighted by Crippen LogP contribution is 2.35. The zero-order valence-corrected chi connectivity index (χ0v) is 15.2. The van der Waals surface area contributed by atoms with Crippen molar-refractivity contribution in [3.63, 3.8) is 0 Å². The first-order valence-corrected chi connectivity index (χ1v) is 8.17. The van der Waals surface area contributed by atoms with E-state index in [0.717, 1.165) is 5.56 Å². The molecule has 0 amide bonds. The number of halogens is 3. The van der Waals surface area contributed by atoms with Gasteiger partial charge in [0.2, 0.25) is 0 Å². The Morgan fingerprint density at radius 2 is 1.96 bits per heavy atom. The van der Waals surface area contributed by atoms with Crippen molar-refractivity contribution in [2.45, 2.75) is 0 Å². The zero-order valence-electron chi connectivity index (χ0n) is 12.1. The van der Waals surface area contributed by atoms with Crippen LogP contribution in [0, 0.1) is 11.3 Å². The Morgan fingerprint density at radius 3 is 2.50 bits per heavy atom. The van der Waals surface area contributed by atoms with Gasteiger partial charge in [-0.2, -0.15) is 5.26 Å². The van der Waals surface area contributed by atoms with Crippen LogP contribution in [0.5, 0.6) is 5.75 Å². The molecule has 0 aliphatic heterocycles. The molecular weight excluding hydrogens is 417 g/mol. The Morgan fingerprint density at radius 1 is 1.29 bits per heavy atom. The fourth-order valence-electron chi connectivity index (χ4n) is 1.91. The summed E-state index contributed by atoms with van der Waals surface area (Å²) >= 11 is 15.3. The van der Waals surface area contributed by atoms with E-state index in [2.05, 4.69) is 22.0 Å². The van der Waals surface area contributed by atoms with Crippen LogP contribution in [-0.2, 0) is 4.79 Å². The molecule has 0 spiro atoms. The van der Waals surface area contributed by atoms with Gasteiger partial charge in [-0.25, -0.2) is 4.79 Å². The molecule has 0 heterocycles. The number of hydrogen-bond acceptors (Lipinski definition) is 3. The molecule has 4 nitrogen and oxygen atoms in total. The van der Waals surface area contributed by atoms with Gasteiger partial charge >= 0.3 is 5.97 Å². The largest absolute Gasteiger partial charge is 0.479 e. The number of allylic oxidation sites excluding steroid dienone is 1. The molecule has 24 heavy (non-hydrogen) atoms. The van der Waals surface area contributed by atoms with Gasteiger partial charge in [0.1, 0.15) is 0 Å². The number of nitriles is 1. The molecule has 0 saturated heterocycles. The van der Waals surface area contributed by atoms with Crippen LogP contribution in [0.4, 0.5) is 0 Å². The first kappa shape index (κ1) is 18.3. The van der Waals surface area contributed by atoms with E-state index in [0.29, 0.717) is 20.6 Å². The molecule has 0 aliphatic rings. The zero-order chi connectivity index (χ0) is 17.7. The van der Waals surface area contributed by atoms with Crippen LogP contribution in [0.1, 0.15) is 11.1 Å². The molecule has 2 aromatic rings. The minimum absolute atomic E-state index is 0.237. The highest BCUT2D eigenvalue weighted by molar-refractivity contribution is 9.10. The molecule has 0 unspecified atom stereocenters. The van der Waals surface area contributed by atoms with E-state index in [-0.39, 0.29) is 10.8 Å². The third-order valence-corrected chi connectivity index (χ3v) is 4.07. The quantitative estimate of drug-likeness (QED) is 0.521. The van der Waals surface area contributed by atoms with Crippen LogP contribution in [-0.4, -0.2) is 17.7 Å². The standard InChI is InChI=1S/C17H10BrCl2NO3/c18-14-6-10(7-15(20)17(14)24-9-16(22)23)5-12(8-21)11-1-3-13(19)4-2-11/h1-7H,9H2,(H,22,23). The second-order valence-electron chi connectivity index (χ2n) is 4.67. The Balaban J connectivity index is 2.36. The molecule has 0 bridgehead atoms. The topological polar surface area (TPSA) is 70.3 Å². The highest BCUT2D eigenvalue weighted by atomic mass is 79.9. The SMILES string of the molecule is N#CC(=Cc1cc(Cl)c(OCC(=O)O)c(Br)c1)c1ccc(Cl)cc1. The predicted molar refractivity (Wildman–Crippen MR) is 97.2 cm³/mol. The second-order valence-corrected chi connectivity index (χ2v) is 6.37. The van der Waals surface area contributed by atoms with Crippen molar-refractivity contribution in [1.82, 2.24) is 0 Å². The van der Waals surface area contributed by atoms with Gasteiger partial charge in [0, 0.05) is 5.02 Å². The van der Waals surface area contributed by atoms with E-state index in [1.165, 1.54) is 0 Å². The van der Waals surface area contributed by atoms with Crippen LogP contribution in [0.2, 0.25) is 10.0 Å². The normalized spacial score (nSPS) is 11.0. The maximum atomic E-state index is 10.6. The fourth-order valence-corrected chi connectivity index (χ4v) is 3.03. The number of hydrogen-bond donors (Lipinski definition) is 1. The van der Waals surface area contributed by atoms with Gasteiger partial charge in [-0.15, -0.1) is 0 Å². The van der Waals surface area contributed by atoms with Gasteiger partial charge in [0.05, 0.1) is 21.1 Å². The molecular formula is C17H10BrCl2NO3. The number of carboxylic acid groups (broad SMARTS) is 1. The minimum atomic E-state index is -1.10. The Bertz CT molecular complexity index is 819. The lowest BCUT2D eigenvalue weighted by Crippen LogP contribution is -2.10. The van der Waals surface area contributed by atoms with Crippen molar-refractivity contribution in [1.29, 1.82) is 5.26 Å². The summed E-state index contributed by atoms with van der Waals surface area (Å²) in [6.45, 7) is -0.498. The molecule has 0 aliphatic carbocycles. The number of aliphatic carboxylic acids is 1. The van der Waals surface area contributed by atoms with Crippen LogP contribution < -0.4 is 4.74 Å². The molecule has 0 fully saturated rings. The smallest absolute Gasteiger partial charge is 0.341 e. The third kappa shape index (κ3) is 4.75. The molecule has 0 saturated carbocycles. The van der Waals surface area contributed by atoms with E-state index in [4.69, 9.17) is 33.0 Å². The molecule has 7 heteroatoms.